The monoisotopic (exact) mass is 472 g/mol. The molecule has 4 N–H and O–H groups in total. The standard InChI is InChI=1S/C21H16N2O9S/c24-12-6-14(32-13-4-2-1-3-10(12)13)17(25)22-7-9-5-11-15(8-31-9)33-19(16(11)20(27)28)23-18(26)21(29)30/h1-4,6,9H,5,7-8H2,(H,22,25)(H,23,26)(H,27,28)(H,29,30). The molecule has 12 heteroatoms. The predicted octanol–water partition coefficient (Wildman–Crippen LogP) is 1.45. The van der Waals surface area contributed by atoms with Gasteiger partial charge < -0.3 is 30.0 Å². The summed E-state index contributed by atoms with van der Waals surface area (Å²) in [7, 11) is 0. The van der Waals surface area contributed by atoms with Crippen molar-refractivity contribution in [1.29, 1.82) is 0 Å². The van der Waals surface area contributed by atoms with Gasteiger partial charge in [-0.1, -0.05) is 12.1 Å². The molecule has 11 nitrogen and oxygen atoms in total. The lowest BCUT2D eigenvalue weighted by Crippen LogP contribution is -2.37. The van der Waals surface area contributed by atoms with Crippen LogP contribution in [-0.4, -0.2) is 46.6 Å². The minimum Gasteiger partial charge on any atom is -0.478 e. The molecule has 33 heavy (non-hydrogen) atoms. The van der Waals surface area contributed by atoms with E-state index in [1.807, 2.05) is 0 Å². The van der Waals surface area contributed by atoms with Crippen LogP contribution in [0.1, 0.15) is 31.4 Å². The number of amides is 2. The molecule has 0 radical (unpaired) electrons. The molecule has 0 saturated heterocycles. The summed E-state index contributed by atoms with van der Waals surface area (Å²) in [6, 6.07) is 7.61. The van der Waals surface area contributed by atoms with Crippen LogP contribution in [0.4, 0.5) is 5.00 Å². The third-order valence-electron chi connectivity index (χ3n) is 4.96. The Hall–Kier alpha value is -4.03. The number of nitrogens with one attached hydrogen (secondary N) is 2. The molecule has 2 amide bonds. The summed E-state index contributed by atoms with van der Waals surface area (Å²) in [5, 5.41) is 23.3. The van der Waals surface area contributed by atoms with Crippen LogP contribution in [0, 0.1) is 0 Å². The SMILES string of the molecule is O=C(O)C(=O)Nc1sc2c(c1C(=O)O)CC(CNC(=O)c1cc(=O)c3ccccc3o1)OC2. The Kier molecular flexibility index (Phi) is 5.94. The zero-order valence-electron chi connectivity index (χ0n) is 16.7. The summed E-state index contributed by atoms with van der Waals surface area (Å²) >= 11 is 0.924. The number of carboxylic acids is 2. The number of aliphatic carboxylic acids is 1. The van der Waals surface area contributed by atoms with Crippen molar-refractivity contribution >= 4 is 51.1 Å². The van der Waals surface area contributed by atoms with E-state index < -0.39 is 29.9 Å². The van der Waals surface area contributed by atoms with Crippen LogP contribution >= 0.6 is 11.3 Å². The van der Waals surface area contributed by atoms with Gasteiger partial charge in [0.25, 0.3) is 5.91 Å². The number of benzene rings is 1. The summed E-state index contributed by atoms with van der Waals surface area (Å²) in [6.07, 6.45) is -0.484. The Bertz CT molecular complexity index is 1360. The number of hydrogen-bond donors (Lipinski definition) is 4. The molecule has 3 aromatic rings. The first-order chi connectivity index (χ1) is 15.7. The number of carbonyl (C=O) groups is 4. The Morgan fingerprint density at radius 1 is 1.15 bits per heavy atom. The van der Waals surface area contributed by atoms with Crippen molar-refractivity contribution in [2.75, 3.05) is 11.9 Å². The average Bonchev–Trinajstić information content (AvgIpc) is 3.14. The van der Waals surface area contributed by atoms with Crippen LogP contribution in [0.5, 0.6) is 0 Å². The number of para-hydroxylation sites is 1. The van der Waals surface area contributed by atoms with Gasteiger partial charge >= 0.3 is 17.8 Å². The highest BCUT2D eigenvalue weighted by molar-refractivity contribution is 7.17. The van der Waals surface area contributed by atoms with Crippen molar-refractivity contribution in [2.24, 2.45) is 0 Å². The maximum atomic E-state index is 12.5. The lowest BCUT2D eigenvalue weighted by Gasteiger charge is -2.23. The molecule has 1 atom stereocenters. The van der Waals surface area contributed by atoms with E-state index in [0.717, 1.165) is 17.4 Å². The van der Waals surface area contributed by atoms with Gasteiger partial charge in [0.15, 0.2) is 11.2 Å². The first-order valence-corrected chi connectivity index (χ1v) is 10.4. The number of thiophene rings is 1. The van der Waals surface area contributed by atoms with Gasteiger partial charge in [-0.3, -0.25) is 14.4 Å². The molecule has 0 fully saturated rings. The molecule has 3 heterocycles. The van der Waals surface area contributed by atoms with Gasteiger partial charge in [0.1, 0.15) is 10.6 Å². The molecule has 0 aliphatic carbocycles. The minimum atomic E-state index is -1.74. The number of anilines is 1. The van der Waals surface area contributed by atoms with E-state index >= 15 is 0 Å². The lowest BCUT2D eigenvalue weighted by molar-refractivity contribution is -0.147. The van der Waals surface area contributed by atoms with Crippen molar-refractivity contribution in [3.05, 3.63) is 62.3 Å². The molecule has 0 spiro atoms. The summed E-state index contributed by atoms with van der Waals surface area (Å²) < 4.78 is 11.2. The fourth-order valence-electron chi connectivity index (χ4n) is 3.44. The number of aromatic carboxylic acids is 1. The second-order valence-electron chi connectivity index (χ2n) is 7.09. The van der Waals surface area contributed by atoms with E-state index in [4.69, 9.17) is 14.3 Å². The van der Waals surface area contributed by atoms with E-state index in [1.165, 1.54) is 0 Å². The third-order valence-corrected chi connectivity index (χ3v) is 6.08. The fraction of sp³-hybridized carbons (Fsp3) is 0.190. The number of ether oxygens (including phenoxy) is 1. The lowest BCUT2D eigenvalue weighted by atomic mass is 10.0. The Labute approximate surface area is 188 Å². The molecule has 1 aliphatic rings. The van der Waals surface area contributed by atoms with Crippen molar-refractivity contribution in [1.82, 2.24) is 5.32 Å². The summed E-state index contributed by atoms with van der Waals surface area (Å²) in [5.74, 6) is -5.22. The number of carbonyl (C=O) groups excluding carboxylic acids is 2. The largest absolute Gasteiger partial charge is 0.478 e. The molecule has 2 aromatic heterocycles. The molecular formula is C21H16N2O9S. The number of hydrogen-bond acceptors (Lipinski definition) is 8. The molecule has 170 valence electrons. The topological polar surface area (TPSA) is 172 Å². The van der Waals surface area contributed by atoms with Crippen LogP contribution in [0.15, 0.2) is 39.5 Å². The second kappa shape index (κ2) is 8.84. The zero-order chi connectivity index (χ0) is 23.7. The molecule has 1 aliphatic heterocycles. The highest BCUT2D eigenvalue weighted by atomic mass is 32.1. The number of rotatable bonds is 5. The van der Waals surface area contributed by atoms with E-state index in [0.29, 0.717) is 15.8 Å². The van der Waals surface area contributed by atoms with Crippen molar-refractivity contribution in [2.45, 2.75) is 19.1 Å². The molecule has 1 aromatic carbocycles. The van der Waals surface area contributed by atoms with E-state index in [9.17, 15) is 29.1 Å². The van der Waals surface area contributed by atoms with Gasteiger partial charge in [0.05, 0.1) is 23.7 Å². The highest BCUT2D eigenvalue weighted by Crippen LogP contribution is 2.37. The second-order valence-corrected chi connectivity index (χ2v) is 8.20. The minimum absolute atomic E-state index is 0.000530. The zero-order valence-corrected chi connectivity index (χ0v) is 17.6. The van der Waals surface area contributed by atoms with Gasteiger partial charge in [0.2, 0.25) is 0 Å². The van der Waals surface area contributed by atoms with Gasteiger partial charge in [-0.05, 0) is 17.7 Å². The third kappa shape index (κ3) is 4.47. The van der Waals surface area contributed by atoms with Crippen LogP contribution in [0.2, 0.25) is 0 Å². The average molecular weight is 472 g/mol. The van der Waals surface area contributed by atoms with Gasteiger partial charge in [-0.25, -0.2) is 9.59 Å². The van der Waals surface area contributed by atoms with E-state index in [2.05, 4.69) is 10.6 Å². The molecular weight excluding hydrogens is 456 g/mol. The van der Waals surface area contributed by atoms with Crippen LogP contribution < -0.4 is 16.1 Å². The fourth-order valence-corrected chi connectivity index (χ4v) is 4.57. The first kappa shape index (κ1) is 22.2. The Balaban J connectivity index is 1.48. The summed E-state index contributed by atoms with van der Waals surface area (Å²) in [5.41, 5.74) is 0.107. The van der Waals surface area contributed by atoms with Crippen LogP contribution in [-0.2, 0) is 27.4 Å². The Morgan fingerprint density at radius 2 is 1.91 bits per heavy atom. The van der Waals surface area contributed by atoms with Crippen molar-refractivity contribution in [3.8, 4) is 0 Å². The summed E-state index contributed by atoms with van der Waals surface area (Å²) in [6.45, 7) is 0.0232. The van der Waals surface area contributed by atoms with Gasteiger partial charge in [0, 0.05) is 23.9 Å². The van der Waals surface area contributed by atoms with Gasteiger partial charge in [-0.2, -0.15) is 0 Å². The Morgan fingerprint density at radius 3 is 2.64 bits per heavy atom. The molecule has 0 saturated carbocycles. The predicted molar refractivity (Wildman–Crippen MR) is 115 cm³/mol. The first-order valence-electron chi connectivity index (χ1n) is 9.59. The number of carboxylic acid groups (broad SMARTS) is 2. The van der Waals surface area contributed by atoms with Crippen molar-refractivity contribution < 1.29 is 38.5 Å². The highest BCUT2D eigenvalue weighted by Gasteiger charge is 2.31. The smallest absolute Gasteiger partial charge is 0.394 e. The molecule has 0 bridgehead atoms. The van der Waals surface area contributed by atoms with E-state index in [1.54, 1.807) is 24.3 Å². The van der Waals surface area contributed by atoms with E-state index in [-0.39, 0.29) is 46.9 Å². The maximum Gasteiger partial charge on any atom is 0.394 e. The van der Waals surface area contributed by atoms with Crippen LogP contribution in [0.25, 0.3) is 11.0 Å². The quantitative estimate of drug-likeness (QED) is 0.401. The summed E-state index contributed by atoms with van der Waals surface area (Å²) in [4.78, 5) is 59.2. The molecule has 1 unspecified atom stereocenters. The van der Waals surface area contributed by atoms with Gasteiger partial charge in [-0.15, -0.1) is 11.3 Å². The number of fused-ring (bicyclic) bond motifs is 2. The molecule has 4 rings (SSSR count). The normalized spacial score (nSPS) is 15.0. The maximum absolute atomic E-state index is 12.5. The van der Waals surface area contributed by atoms with Crippen molar-refractivity contribution in [3.63, 3.8) is 0 Å². The van der Waals surface area contributed by atoms with Crippen LogP contribution in [0.3, 0.4) is 0 Å².